The van der Waals surface area contributed by atoms with E-state index in [1.807, 2.05) is 30.3 Å². The summed E-state index contributed by atoms with van der Waals surface area (Å²) in [6.07, 6.45) is 0. The molecule has 7 heteroatoms. The van der Waals surface area contributed by atoms with Crippen LogP contribution >= 0.6 is 0 Å². The van der Waals surface area contributed by atoms with Gasteiger partial charge in [-0.25, -0.2) is 9.07 Å². The summed E-state index contributed by atoms with van der Waals surface area (Å²) in [4.78, 5) is 12.1. The molecule has 0 unspecified atom stereocenters. The van der Waals surface area contributed by atoms with Gasteiger partial charge in [0, 0.05) is 11.6 Å². The van der Waals surface area contributed by atoms with Gasteiger partial charge in [-0.1, -0.05) is 42.5 Å². The number of rotatable bonds is 7. The minimum Gasteiger partial charge on any atom is -0.481 e. The van der Waals surface area contributed by atoms with Crippen LogP contribution in [-0.4, -0.2) is 34.0 Å². The number of amides is 1. The molecule has 0 saturated carbocycles. The average Bonchev–Trinajstić information content (AvgIpc) is 3.05. The number of aliphatic hydroxyl groups excluding tert-OH is 1. The zero-order valence-electron chi connectivity index (χ0n) is 13.9. The molecule has 2 N–H and O–H groups in total. The van der Waals surface area contributed by atoms with Crippen molar-refractivity contribution in [3.8, 4) is 17.0 Å². The Hall–Kier alpha value is -3.19. The van der Waals surface area contributed by atoms with Gasteiger partial charge in [0.25, 0.3) is 5.91 Å². The molecule has 1 aromatic heterocycles. The summed E-state index contributed by atoms with van der Waals surface area (Å²) in [5.41, 5.74) is 1.56. The van der Waals surface area contributed by atoms with Gasteiger partial charge in [-0.3, -0.25) is 4.79 Å². The van der Waals surface area contributed by atoms with Crippen LogP contribution in [0.25, 0.3) is 11.3 Å². The Bertz CT molecular complexity index is 881. The first kappa shape index (κ1) is 17.6. The second-order valence-electron chi connectivity index (χ2n) is 5.49. The minimum absolute atomic E-state index is 0.0106. The number of benzene rings is 2. The van der Waals surface area contributed by atoms with Crippen molar-refractivity contribution in [2.24, 2.45) is 0 Å². The number of hydrogen-bond donors (Lipinski definition) is 2. The van der Waals surface area contributed by atoms with Gasteiger partial charge < -0.3 is 15.2 Å². The van der Waals surface area contributed by atoms with Crippen molar-refractivity contribution in [2.75, 3.05) is 18.5 Å². The number of aliphatic hydroxyl groups is 1. The lowest BCUT2D eigenvalue weighted by molar-refractivity contribution is -0.118. The molecule has 0 radical (unpaired) electrons. The Balaban J connectivity index is 1.71. The van der Waals surface area contributed by atoms with Crippen molar-refractivity contribution in [2.45, 2.75) is 6.54 Å². The molecule has 0 aliphatic heterocycles. The second kappa shape index (κ2) is 8.26. The van der Waals surface area contributed by atoms with E-state index < -0.39 is 11.7 Å². The highest BCUT2D eigenvalue weighted by Gasteiger charge is 2.13. The lowest BCUT2D eigenvalue weighted by atomic mass is 10.2. The van der Waals surface area contributed by atoms with E-state index in [2.05, 4.69) is 10.4 Å². The van der Waals surface area contributed by atoms with E-state index in [9.17, 15) is 14.3 Å². The third-order valence-corrected chi connectivity index (χ3v) is 3.62. The number of anilines is 1. The summed E-state index contributed by atoms with van der Waals surface area (Å²) in [5, 5.41) is 16.3. The zero-order chi connectivity index (χ0) is 18.4. The van der Waals surface area contributed by atoms with E-state index in [0.29, 0.717) is 11.5 Å². The summed E-state index contributed by atoms with van der Waals surface area (Å²) in [5.74, 6) is -0.541. The van der Waals surface area contributed by atoms with Gasteiger partial charge in [-0.2, -0.15) is 5.10 Å². The summed E-state index contributed by atoms with van der Waals surface area (Å²) >= 11 is 0. The number of nitrogens with zero attached hydrogens (tertiary/aromatic N) is 2. The van der Waals surface area contributed by atoms with Gasteiger partial charge in [0.1, 0.15) is 5.82 Å². The molecular formula is C19H18FN3O3. The summed E-state index contributed by atoms with van der Waals surface area (Å²) in [7, 11) is 0. The van der Waals surface area contributed by atoms with Crippen molar-refractivity contribution in [1.29, 1.82) is 0 Å². The summed E-state index contributed by atoms with van der Waals surface area (Å²) < 4.78 is 20.2. The number of hydrogen-bond acceptors (Lipinski definition) is 4. The first-order chi connectivity index (χ1) is 12.7. The van der Waals surface area contributed by atoms with Crippen LogP contribution in [0.3, 0.4) is 0 Å². The van der Waals surface area contributed by atoms with Crippen LogP contribution in [0.5, 0.6) is 5.75 Å². The topological polar surface area (TPSA) is 76.4 Å². The van der Waals surface area contributed by atoms with Gasteiger partial charge in [-0.05, 0) is 12.1 Å². The van der Waals surface area contributed by atoms with Gasteiger partial charge in [0.15, 0.2) is 18.2 Å². The van der Waals surface area contributed by atoms with Crippen LogP contribution in [0.1, 0.15) is 0 Å². The number of ether oxygens (including phenoxy) is 1. The van der Waals surface area contributed by atoms with Crippen LogP contribution in [0.15, 0.2) is 60.7 Å². The first-order valence-corrected chi connectivity index (χ1v) is 8.08. The summed E-state index contributed by atoms with van der Waals surface area (Å²) in [6, 6.07) is 17.1. The number of carbonyl (C=O) groups excluding carboxylic acids is 1. The number of para-hydroxylation sites is 1. The maximum Gasteiger partial charge on any atom is 0.263 e. The van der Waals surface area contributed by atoms with E-state index in [1.54, 1.807) is 18.2 Å². The van der Waals surface area contributed by atoms with Gasteiger partial charge >= 0.3 is 0 Å². The van der Waals surface area contributed by atoms with Crippen molar-refractivity contribution in [3.63, 3.8) is 0 Å². The van der Waals surface area contributed by atoms with Crippen LogP contribution < -0.4 is 10.1 Å². The zero-order valence-corrected chi connectivity index (χ0v) is 13.9. The molecule has 0 saturated heterocycles. The molecule has 1 heterocycles. The molecule has 0 aliphatic carbocycles. The standard InChI is InChI=1S/C19H18FN3O3/c20-15-8-4-5-9-17(15)26-13-19(25)21-18-12-16(22-23(18)10-11-24)14-6-2-1-3-7-14/h1-9,12,24H,10-11,13H2,(H,21,25). The molecule has 0 fully saturated rings. The third kappa shape index (κ3) is 4.25. The van der Waals surface area contributed by atoms with E-state index >= 15 is 0 Å². The molecule has 3 aromatic rings. The Morgan fingerprint density at radius 1 is 1.15 bits per heavy atom. The van der Waals surface area contributed by atoms with Crippen LogP contribution in [0.2, 0.25) is 0 Å². The predicted molar refractivity (Wildman–Crippen MR) is 95.3 cm³/mol. The van der Waals surface area contributed by atoms with E-state index in [4.69, 9.17) is 4.74 Å². The molecule has 26 heavy (non-hydrogen) atoms. The van der Waals surface area contributed by atoms with Crippen molar-refractivity contribution in [1.82, 2.24) is 9.78 Å². The lowest BCUT2D eigenvalue weighted by Crippen LogP contribution is -2.22. The molecule has 3 rings (SSSR count). The molecule has 2 aromatic carbocycles. The highest BCUT2D eigenvalue weighted by atomic mass is 19.1. The highest BCUT2D eigenvalue weighted by Crippen LogP contribution is 2.22. The van der Waals surface area contributed by atoms with Gasteiger partial charge in [0.05, 0.1) is 18.8 Å². The van der Waals surface area contributed by atoms with Crippen molar-refractivity contribution in [3.05, 3.63) is 66.5 Å². The number of aromatic nitrogens is 2. The quantitative estimate of drug-likeness (QED) is 0.683. The van der Waals surface area contributed by atoms with E-state index in [0.717, 1.165) is 5.56 Å². The van der Waals surface area contributed by atoms with E-state index in [-0.39, 0.29) is 25.5 Å². The fourth-order valence-corrected chi connectivity index (χ4v) is 2.42. The fraction of sp³-hybridized carbons (Fsp3) is 0.158. The van der Waals surface area contributed by atoms with Crippen LogP contribution in [-0.2, 0) is 11.3 Å². The first-order valence-electron chi connectivity index (χ1n) is 8.08. The molecule has 1 amide bonds. The summed E-state index contributed by atoms with van der Waals surface area (Å²) in [6.45, 7) is -0.229. The maximum atomic E-state index is 13.5. The Morgan fingerprint density at radius 2 is 1.88 bits per heavy atom. The Morgan fingerprint density at radius 3 is 2.62 bits per heavy atom. The van der Waals surface area contributed by atoms with Crippen molar-refractivity contribution < 1.29 is 19.0 Å². The molecule has 6 nitrogen and oxygen atoms in total. The minimum atomic E-state index is -0.531. The normalized spacial score (nSPS) is 10.5. The number of carbonyl (C=O) groups is 1. The maximum absolute atomic E-state index is 13.5. The predicted octanol–water partition coefficient (Wildman–Crippen LogP) is 2.70. The Labute approximate surface area is 149 Å². The molecule has 134 valence electrons. The molecular weight excluding hydrogens is 337 g/mol. The van der Waals surface area contributed by atoms with Crippen molar-refractivity contribution >= 4 is 11.7 Å². The SMILES string of the molecule is O=C(COc1ccccc1F)Nc1cc(-c2ccccc2)nn1CCO. The fourth-order valence-electron chi connectivity index (χ4n) is 2.42. The molecule has 0 atom stereocenters. The average molecular weight is 355 g/mol. The monoisotopic (exact) mass is 355 g/mol. The smallest absolute Gasteiger partial charge is 0.263 e. The lowest BCUT2D eigenvalue weighted by Gasteiger charge is -2.09. The molecule has 0 aliphatic rings. The second-order valence-corrected chi connectivity index (χ2v) is 5.49. The van der Waals surface area contributed by atoms with E-state index in [1.165, 1.54) is 16.8 Å². The number of nitrogens with one attached hydrogen (secondary N) is 1. The molecule has 0 spiro atoms. The van der Waals surface area contributed by atoms with Gasteiger partial charge in [0.2, 0.25) is 0 Å². The third-order valence-electron chi connectivity index (χ3n) is 3.62. The van der Waals surface area contributed by atoms with Gasteiger partial charge in [-0.15, -0.1) is 0 Å². The number of halogens is 1. The highest BCUT2D eigenvalue weighted by molar-refractivity contribution is 5.91. The largest absolute Gasteiger partial charge is 0.481 e. The van der Waals surface area contributed by atoms with Crippen LogP contribution in [0, 0.1) is 5.82 Å². The molecule has 0 bridgehead atoms. The Kier molecular flexibility index (Phi) is 5.60. The van der Waals surface area contributed by atoms with Crippen LogP contribution in [0.4, 0.5) is 10.2 Å².